The topological polar surface area (TPSA) is 78.9 Å². The summed E-state index contributed by atoms with van der Waals surface area (Å²) in [7, 11) is 0. The van der Waals surface area contributed by atoms with Crippen LogP contribution in [0.2, 0.25) is 0 Å². The van der Waals surface area contributed by atoms with Crippen LogP contribution in [0.25, 0.3) is 0 Å². The van der Waals surface area contributed by atoms with Crippen molar-refractivity contribution in [2.24, 2.45) is 0 Å². The molecule has 0 heterocycles. The number of ether oxygens (including phenoxy) is 3. The van der Waals surface area contributed by atoms with Gasteiger partial charge in [-0.1, -0.05) is 226 Å². The van der Waals surface area contributed by atoms with Gasteiger partial charge in [0, 0.05) is 19.3 Å². The monoisotopic (exact) mass is 941 g/mol. The van der Waals surface area contributed by atoms with E-state index in [2.05, 4.69) is 142 Å². The van der Waals surface area contributed by atoms with Crippen LogP contribution in [0.15, 0.2) is 122 Å². The molecule has 0 saturated heterocycles. The summed E-state index contributed by atoms with van der Waals surface area (Å²) in [6.45, 7) is 6.34. The molecule has 0 N–H and O–H groups in total. The van der Waals surface area contributed by atoms with Crippen molar-refractivity contribution in [3.8, 4) is 0 Å². The minimum atomic E-state index is -0.811. The summed E-state index contributed by atoms with van der Waals surface area (Å²) in [5, 5.41) is 0. The second-order valence-corrected chi connectivity index (χ2v) is 17.7. The van der Waals surface area contributed by atoms with E-state index >= 15 is 0 Å². The van der Waals surface area contributed by atoms with Crippen LogP contribution >= 0.6 is 0 Å². The number of allylic oxidation sites excluding steroid dienone is 20. The summed E-state index contributed by atoms with van der Waals surface area (Å²) in [6, 6.07) is 0. The van der Waals surface area contributed by atoms with Crippen molar-refractivity contribution in [2.45, 2.75) is 239 Å². The van der Waals surface area contributed by atoms with Crippen molar-refractivity contribution in [3.05, 3.63) is 122 Å². The van der Waals surface area contributed by atoms with Crippen molar-refractivity contribution in [1.29, 1.82) is 0 Å². The molecule has 0 amide bonds. The van der Waals surface area contributed by atoms with Crippen LogP contribution in [-0.4, -0.2) is 37.2 Å². The van der Waals surface area contributed by atoms with Crippen LogP contribution in [-0.2, 0) is 28.6 Å². The zero-order valence-electron chi connectivity index (χ0n) is 43.8. The molecule has 0 fully saturated rings. The Balaban J connectivity index is 4.51. The molecule has 0 bridgehead atoms. The van der Waals surface area contributed by atoms with Gasteiger partial charge >= 0.3 is 17.9 Å². The summed E-state index contributed by atoms with van der Waals surface area (Å²) in [5.41, 5.74) is 0. The molecule has 0 aromatic heterocycles. The average molecular weight is 941 g/mol. The highest BCUT2D eigenvalue weighted by atomic mass is 16.6. The van der Waals surface area contributed by atoms with Crippen LogP contribution in [0, 0.1) is 0 Å². The molecule has 1 atom stereocenters. The van der Waals surface area contributed by atoms with Crippen LogP contribution in [0.3, 0.4) is 0 Å². The lowest BCUT2D eigenvalue weighted by Crippen LogP contribution is -2.30. The smallest absolute Gasteiger partial charge is 0.306 e. The maximum atomic E-state index is 12.8. The largest absolute Gasteiger partial charge is 0.462 e. The second kappa shape index (κ2) is 55.4. The van der Waals surface area contributed by atoms with E-state index < -0.39 is 6.10 Å². The fourth-order valence-corrected chi connectivity index (χ4v) is 7.14. The minimum Gasteiger partial charge on any atom is -0.462 e. The average Bonchev–Trinajstić information content (AvgIpc) is 3.34. The summed E-state index contributed by atoms with van der Waals surface area (Å²) in [5.74, 6) is -0.973. The Hall–Kier alpha value is -4.19. The van der Waals surface area contributed by atoms with Gasteiger partial charge in [0.25, 0.3) is 0 Å². The molecule has 0 radical (unpaired) electrons. The number of esters is 3. The molecule has 6 nitrogen and oxygen atoms in total. The van der Waals surface area contributed by atoms with Crippen molar-refractivity contribution >= 4 is 17.9 Å². The van der Waals surface area contributed by atoms with E-state index in [4.69, 9.17) is 14.2 Å². The Kier molecular flexibility index (Phi) is 52.0. The number of unbranched alkanes of at least 4 members (excludes halogenated alkanes) is 17. The molecule has 0 saturated carbocycles. The molecule has 0 aliphatic carbocycles. The van der Waals surface area contributed by atoms with E-state index in [1.54, 1.807) is 0 Å². The van der Waals surface area contributed by atoms with Crippen molar-refractivity contribution in [3.63, 3.8) is 0 Å². The Labute approximate surface area is 418 Å². The molecule has 0 rings (SSSR count). The van der Waals surface area contributed by atoms with E-state index in [0.717, 1.165) is 128 Å². The van der Waals surface area contributed by atoms with Crippen molar-refractivity contribution in [2.75, 3.05) is 13.2 Å². The third-order valence-corrected chi connectivity index (χ3v) is 11.2. The first-order valence-electron chi connectivity index (χ1n) is 27.5. The number of hydrogen-bond donors (Lipinski definition) is 0. The van der Waals surface area contributed by atoms with Crippen LogP contribution < -0.4 is 0 Å². The number of carbonyl (C=O) groups is 3. The van der Waals surface area contributed by atoms with Gasteiger partial charge in [0.05, 0.1) is 0 Å². The molecule has 384 valence electrons. The standard InChI is InChI=1S/C62H100O6/c1-4-7-10-13-16-19-22-25-27-29-31-33-35-37-40-43-46-49-52-55-61(64)67-58-59(57-66-60(63)54-51-48-45-42-39-24-21-18-15-12-9-6-3)68-62(65)56-53-50-47-44-41-38-36-34-32-30-28-26-23-20-17-14-11-8-5-2/h7-8,10-11,16-17,19-20,25-28,31-34,37-38,40-41,59H,4-6,9,12-15,18,21-24,29-30,35-36,39,42-58H2,1-3H3/b10-7-,11-8-,19-16-,20-17-,27-25-,28-26-,33-31-,34-32-,40-37-,41-38-/t59-/m1/s1. The summed E-state index contributed by atoms with van der Waals surface area (Å²) in [6.07, 6.45) is 76.1. The van der Waals surface area contributed by atoms with Crippen LogP contribution in [0.5, 0.6) is 0 Å². The van der Waals surface area contributed by atoms with Gasteiger partial charge < -0.3 is 14.2 Å². The molecule has 0 aliphatic rings. The van der Waals surface area contributed by atoms with E-state index in [1.165, 1.54) is 57.8 Å². The number of carbonyl (C=O) groups excluding carboxylic acids is 3. The molecule has 0 aliphatic heterocycles. The van der Waals surface area contributed by atoms with E-state index in [9.17, 15) is 14.4 Å². The van der Waals surface area contributed by atoms with Gasteiger partial charge in [0.1, 0.15) is 13.2 Å². The molecular weight excluding hydrogens is 841 g/mol. The third kappa shape index (κ3) is 52.8. The molecule has 0 aromatic carbocycles. The quantitative estimate of drug-likeness (QED) is 0.0262. The fourth-order valence-electron chi connectivity index (χ4n) is 7.14. The predicted molar refractivity (Wildman–Crippen MR) is 293 cm³/mol. The van der Waals surface area contributed by atoms with Gasteiger partial charge in [-0.15, -0.1) is 0 Å². The van der Waals surface area contributed by atoms with Crippen LogP contribution in [0.4, 0.5) is 0 Å². The van der Waals surface area contributed by atoms with Gasteiger partial charge in [-0.25, -0.2) is 0 Å². The third-order valence-electron chi connectivity index (χ3n) is 11.2. The predicted octanol–water partition coefficient (Wildman–Crippen LogP) is 18.5. The lowest BCUT2D eigenvalue weighted by Gasteiger charge is -2.18. The lowest BCUT2D eigenvalue weighted by atomic mass is 10.0. The zero-order valence-corrected chi connectivity index (χ0v) is 43.8. The second-order valence-electron chi connectivity index (χ2n) is 17.7. The fraction of sp³-hybridized carbons (Fsp3) is 0.629. The van der Waals surface area contributed by atoms with Crippen LogP contribution in [0.1, 0.15) is 233 Å². The first kappa shape index (κ1) is 63.8. The first-order valence-corrected chi connectivity index (χ1v) is 27.5. The summed E-state index contributed by atoms with van der Waals surface area (Å²) < 4.78 is 16.8. The summed E-state index contributed by atoms with van der Waals surface area (Å²) in [4.78, 5) is 38.1. The Morgan fingerprint density at radius 2 is 0.574 bits per heavy atom. The maximum absolute atomic E-state index is 12.8. The molecular formula is C62H100O6. The zero-order chi connectivity index (χ0) is 49.3. The van der Waals surface area contributed by atoms with E-state index in [1.807, 2.05) is 0 Å². The Bertz CT molecular complexity index is 1450. The lowest BCUT2D eigenvalue weighted by molar-refractivity contribution is -0.167. The highest BCUT2D eigenvalue weighted by Crippen LogP contribution is 2.14. The molecule has 6 heteroatoms. The van der Waals surface area contributed by atoms with Gasteiger partial charge in [-0.3, -0.25) is 14.4 Å². The Morgan fingerprint density at radius 3 is 0.897 bits per heavy atom. The molecule has 0 spiro atoms. The van der Waals surface area contributed by atoms with E-state index in [-0.39, 0.29) is 37.5 Å². The SMILES string of the molecule is CC/C=C\C/C=C\C/C=C\C/C=C\C/C=C\CCCCCC(=O)OC[C@@H](COC(=O)CCCCCCCCCCCCCC)OC(=O)CCCCC/C=C\C/C=C\C/C=C\C/C=C\C/C=C\CC. The number of rotatable bonds is 48. The normalized spacial score (nSPS) is 13.0. The first-order chi connectivity index (χ1) is 33.5. The highest BCUT2D eigenvalue weighted by Gasteiger charge is 2.19. The Morgan fingerprint density at radius 1 is 0.309 bits per heavy atom. The van der Waals surface area contributed by atoms with E-state index in [0.29, 0.717) is 19.3 Å². The van der Waals surface area contributed by atoms with Gasteiger partial charge in [-0.2, -0.15) is 0 Å². The van der Waals surface area contributed by atoms with Gasteiger partial charge in [0.2, 0.25) is 0 Å². The minimum absolute atomic E-state index is 0.104. The summed E-state index contributed by atoms with van der Waals surface area (Å²) >= 11 is 0. The molecule has 0 aromatic rings. The van der Waals surface area contributed by atoms with Crippen molar-refractivity contribution < 1.29 is 28.6 Å². The highest BCUT2D eigenvalue weighted by molar-refractivity contribution is 5.71. The van der Waals surface area contributed by atoms with Gasteiger partial charge in [0.15, 0.2) is 6.10 Å². The number of hydrogen-bond acceptors (Lipinski definition) is 6. The van der Waals surface area contributed by atoms with Crippen molar-refractivity contribution in [1.82, 2.24) is 0 Å². The van der Waals surface area contributed by atoms with Gasteiger partial charge in [-0.05, 0) is 109 Å². The molecule has 0 unspecified atom stereocenters. The molecule has 68 heavy (non-hydrogen) atoms. The maximum Gasteiger partial charge on any atom is 0.306 e.